The van der Waals surface area contributed by atoms with Gasteiger partial charge in [-0.1, -0.05) is 139 Å². The monoisotopic (exact) mass is 593 g/mol. The summed E-state index contributed by atoms with van der Waals surface area (Å²) in [6.07, 6.45) is 0. The molecule has 3 aliphatic rings. The third kappa shape index (κ3) is 3.52. The van der Waals surface area contributed by atoms with Gasteiger partial charge in [-0.15, -0.1) is 0 Å². The van der Waals surface area contributed by atoms with E-state index in [4.69, 9.17) is 0 Å². The summed E-state index contributed by atoms with van der Waals surface area (Å²) < 4.78 is 0. The molecule has 0 atom stereocenters. The van der Waals surface area contributed by atoms with Gasteiger partial charge in [0.15, 0.2) is 0 Å². The van der Waals surface area contributed by atoms with Crippen LogP contribution in [-0.2, 0) is 16.2 Å². The molecule has 0 radical (unpaired) electrons. The Hall–Kier alpha value is -4.88. The minimum atomic E-state index is -0.143. The Morgan fingerprint density at radius 1 is 0.348 bits per heavy atom. The Bertz CT molecular complexity index is 2230. The number of fused-ring (bicyclic) bond motifs is 7. The van der Waals surface area contributed by atoms with Crippen molar-refractivity contribution in [1.82, 2.24) is 0 Å². The fourth-order valence-electron chi connectivity index (χ4n) is 8.79. The first-order chi connectivity index (χ1) is 22.1. The lowest BCUT2D eigenvalue weighted by atomic mass is 9.66. The maximum atomic E-state index is 2.54. The highest BCUT2D eigenvalue weighted by Gasteiger charge is 2.45. The van der Waals surface area contributed by atoms with Gasteiger partial charge < -0.3 is 4.90 Å². The first-order valence-corrected chi connectivity index (χ1v) is 16.6. The summed E-state index contributed by atoms with van der Waals surface area (Å²) in [6, 6.07) is 48.0. The van der Waals surface area contributed by atoms with Gasteiger partial charge in [0.05, 0.1) is 17.1 Å². The molecule has 6 aromatic carbocycles. The Kier molecular flexibility index (Phi) is 5.43. The maximum Gasteiger partial charge on any atom is 0.0543 e. The molecule has 0 amide bonds. The van der Waals surface area contributed by atoms with E-state index in [1.54, 1.807) is 0 Å². The zero-order chi connectivity index (χ0) is 31.6. The smallest absolute Gasteiger partial charge is 0.0543 e. The van der Waals surface area contributed by atoms with E-state index in [9.17, 15) is 0 Å². The van der Waals surface area contributed by atoms with Crippen molar-refractivity contribution in [2.75, 3.05) is 4.90 Å². The van der Waals surface area contributed by atoms with Gasteiger partial charge in [-0.3, -0.25) is 0 Å². The SMILES string of the molecule is CC1(C)c2cc(-c3ccccc3)ccc2-c2ccc(-c3ccc4c(c3)C(C)(C)c3cccc5c3N4c3ccccc3C5(C)C)cc21. The maximum absolute atomic E-state index is 2.54. The van der Waals surface area contributed by atoms with Crippen LogP contribution < -0.4 is 4.90 Å². The summed E-state index contributed by atoms with van der Waals surface area (Å²) in [6.45, 7) is 14.3. The number of benzene rings is 6. The summed E-state index contributed by atoms with van der Waals surface area (Å²) in [5, 5.41) is 0. The van der Waals surface area contributed by atoms with E-state index in [2.05, 4.69) is 174 Å². The molecule has 46 heavy (non-hydrogen) atoms. The van der Waals surface area contributed by atoms with Crippen molar-refractivity contribution in [1.29, 1.82) is 0 Å². The van der Waals surface area contributed by atoms with Crippen molar-refractivity contribution in [2.45, 2.75) is 57.8 Å². The highest BCUT2D eigenvalue weighted by atomic mass is 15.2. The molecule has 0 spiro atoms. The molecule has 1 heteroatoms. The van der Waals surface area contributed by atoms with Crippen LogP contribution in [0.5, 0.6) is 0 Å². The number of rotatable bonds is 2. The van der Waals surface area contributed by atoms with Gasteiger partial charge in [0.2, 0.25) is 0 Å². The standard InChI is InChI=1S/C45H39N/c1-43(2)34-15-10-11-18-40(34)46-41-24-21-31(27-39(41)44(3,4)36-17-12-16-35(43)42(36)46)30-20-23-33-32-22-19-29(28-13-8-7-9-14-28)25-37(32)45(5,6)38(33)26-30/h7-27H,1-6H3. The average molecular weight is 594 g/mol. The van der Waals surface area contributed by atoms with Gasteiger partial charge in [0.25, 0.3) is 0 Å². The van der Waals surface area contributed by atoms with Crippen LogP contribution in [0.25, 0.3) is 33.4 Å². The predicted molar refractivity (Wildman–Crippen MR) is 194 cm³/mol. The third-order valence-corrected chi connectivity index (χ3v) is 11.5. The van der Waals surface area contributed by atoms with E-state index in [0.29, 0.717) is 0 Å². The van der Waals surface area contributed by atoms with Crippen LogP contribution in [0.2, 0.25) is 0 Å². The number of para-hydroxylation sites is 2. The molecule has 2 heterocycles. The molecular formula is C45H39N. The zero-order valence-electron chi connectivity index (χ0n) is 27.6. The van der Waals surface area contributed by atoms with Crippen molar-refractivity contribution in [3.8, 4) is 33.4 Å². The van der Waals surface area contributed by atoms with Crippen LogP contribution in [-0.4, -0.2) is 0 Å². The molecule has 9 rings (SSSR count). The second-order valence-electron chi connectivity index (χ2n) is 15.0. The zero-order valence-corrected chi connectivity index (χ0v) is 27.6. The molecule has 0 fully saturated rings. The Balaban J connectivity index is 1.18. The fraction of sp³-hybridized carbons (Fsp3) is 0.200. The van der Waals surface area contributed by atoms with Gasteiger partial charge in [-0.2, -0.15) is 0 Å². The summed E-state index contributed by atoms with van der Waals surface area (Å²) in [4.78, 5) is 2.54. The Morgan fingerprint density at radius 3 is 1.46 bits per heavy atom. The average Bonchev–Trinajstić information content (AvgIpc) is 3.30. The minimum Gasteiger partial charge on any atom is -0.309 e. The predicted octanol–water partition coefficient (Wildman–Crippen LogP) is 12.1. The van der Waals surface area contributed by atoms with Crippen molar-refractivity contribution >= 4 is 17.1 Å². The molecule has 2 aliphatic heterocycles. The third-order valence-electron chi connectivity index (χ3n) is 11.5. The molecule has 0 aromatic heterocycles. The molecule has 0 saturated heterocycles. The molecule has 0 bridgehead atoms. The van der Waals surface area contributed by atoms with Gasteiger partial charge in [-0.05, 0) is 97.1 Å². The van der Waals surface area contributed by atoms with Gasteiger partial charge >= 0.3 is 0 Å². The molecule has 1 aliphatic carbocycles. The first-order valence-electron chi connectivity index (χ1n) is 16.6. The van der Waals surface area contributed by atoms with Crippen LogP contribution in [0, 0.1) is 0 Å². The summed E-state index contributed by atoms with van der Waals surface area (Å²) in [7, 11) is 0. The second-order valence-corrected chi connectivity index (χ2v) is 15.0. The highest BCUT2D eigenvalue weighted by molar-refractivity contribution is 5.94. The summed E-state index contributed by atoms with van der Waals surface area (Å²) in [5.41, 5.74) is 19.8. The van der Waals surface area contributed by atoms with E-state index in [0.717, 1.165) is 0 Å². The number of hydrogen-bond acceptors (Lipinski definition) is 1. The molecule has 1 nitrogen and oxygen atoms in total. The topological polar surface area (TPSA) is 3.24 Å². The number of anilines is 3. The molecule has 224 valence electrons. The van der Waals surface area contributed by atoms with E-state index in [1.165, 1.54) is 83.8 Å². The van der Waals surface area contributed by atoms with Crippen LogP contribution in [0.1, 0.15) is 74.9 Å². The first kappa shape index (κ1) is 27.4. The minimum absolute atomic E-state index is 0.0668. The number of hydrogen-bond donors (Lipinski definition) is 0. The molecule has 0 saturated carbocycles. The second kappa shape index (κ2) is 9.10. The summed E-state index contributed by atoms with van der Waals surface area (Å²) in [5.74, 6) is 0. The lowest BCUT2D eigenvalue weighted by Crippen LogP contribution is -2.38. The van der Waals surface area contributed by atoms with Crippen molar-refractivity contribution < 1.29 is 0 Å². The number of nitrogens with zero attached hydrogens (tertiary/aromatic N) is 1. The quantitative estimate of drug-likeness (QED) is 0.193. The van der Waals surface area contributed by atoms with Crippen LogP contribution in [0.3, 0.4) is 0 Å². The molecule has 0 N–H and O–H groups in total. The van der Waals surface area contributed by atoms with Gasteiger partial charge in [-0.25, -0.2) is 0 Å². The van der Waals surface area contributed by atoms with Crippen molar-refractivity contribution in [3.05, 3.63) is 161 Å². The largest absolute Gasteiger partial charge is 0.309 e. The molecule has 6 aromatic rings. The van der Waals surface area contributed by atoms with E-state index in [1.807, 2.05) is 0 Å². The molecular weight excluding hydrogens is 555 g/mol. The van der Waals surface area contributed by atoms with E-state index >= 15 is 0 Å². The highest BCUT2D eigenvalue weighted by Crippen LogP contribution is 2.60. The molecule has 0 unspecified atom stereocenters. The van der Waals surface area contributed by atoms with Gasteiger partial charge in [0, 0.05) is 16.2 Å². The van der Waals surface area contributed by atoms with Crippen molar-refractivity contribution in [3.63, 3.8) is 0 Å². The van der Waals surface area contributed by atoms with Crippen LogP contribution in [0.4, 0.5) is 17.1 Å². The van der Waals surface area contributed by atoms with E-state index in [-0.39, 0.29) is 16.2 Å². The van der Waals surface area contributed by atoms with E-state index < -0.39 is 0 Å². The van der Waals surface area contributed by atoms with Gasteiger partial charge in [0.1, 0.15) is 0 Å². The normalized spacial score (nSPS) is 17.0. The fourth-order valence-corrected chi connectivity index (χ4v) is 8.79. The Morgan fingerprint density at radius 2 is 0.804 bits per heavy atom. The summed E-state index contributed by atoms with van der Waals surface area (Å²) >= 11 is 0. The van der Waals surface area contributed by atoms with Crippen LogP contribution in [0.15, 0.2) is 127 Å². The lowest BCUT2D eigenvalue weighted by molar-refractivity contribution is 0.597. The van der Waals surface area contributed by atoms with Crippen LogP contribution >= 0.6 is 0 Å². The van der Waals surface area contributed by atoms with Crippen molar-refractivity contribution in [2.24, 2.45) is 0 Å². The lowest BCUT2D eigenvalue weighted by Gasteiger charge is -2.49. The Labute approximate surface area is 273 Å².